The van der Waals surface area contributed by atoms with E-state index in [2.05, 4.69) is 56.8 Å². The number of H-pyrrole nitrogens is 1. The molecule has 0 aliphatic carbocycles. The minimum Gasteiger partial charge on any atom is -0.491 e. The number of imidazole rings is 1. The summed E-state index contributed by atoms with van der Waals surface area (Å²) in [5.41, 5.74) is 5.90. The van der Waals surface area contributed by atoms with Crippen molar-refractivity contribution >= 4 is 39.5 Å². The van der Waals surface area contributed by atoms with Crippen molar-refractivity contribution in [1.82, 2.24) is 14.9 Å². The average molecular weight is 509 g/mol. The van der Waals surface area contributed by atoms with E-state index in [1.165, 1.54) is 0 Å². The molecule has 5 nitrogen and oxygen atoms in total. The lowest BCUT2D eigenvalue weighted by Crippen LogP contribution is -2.32. The number of amides is 1. The summed E-state index contributed by atoms with van der Waals surface area (Å²) in [5, 5.41) is 0. The van der Waals surface area contributed by atoms with Crippen molar-refractivity contribution in [1.29, 1.82) is 0 Å². The lowest BCUT2D eigenvalue weighted by atomic mass is 10.0. The van der Waals surface area contributed by atoms with Gasteiger partial charge in [-0.25, -0.2) is 4.98 Å². The Morgan fingerprint density at radius 2 is 1.83 bits per heavy atom. The van der Waals surface area contributed by atoms with Crippen LogP contribution in [0.5, 0.6) is 5.75 Å². The van der Waals surface area contributed by atoms with E-state index < -0.39 is 0 Å². The van der Waals surface area contributed by atoms with Crippen LogP contribution in [0.2, 0.25) is 0 Å². The maximum absolute atomic E-state index is 13.0. The first-order valence-electron chi connectivity index (χ1n) is 9.84. The van der Waals surface area contributed by atoms with Crippen molar-refractivity contribution in [2.24, 2.45) is 0 Å². The zero-order valence-corrected chi connectivity index (χ0v) is 18.6. The van der Waals surface area contributed by atoms with Gasteiger partial charge in [-0.3, -0.25) is 4.79 Å². The van der Waals surface area contributed by atoms with Gasteiger partial charge in [0.15, 0.2) is 0 Å². The monoisotopic (exact) mass is 509 g/mol. The van der Waals surface area contributed by atoms with E-state index in [0.717, 1.165) is 42.9 Å². The Hall–Kier alpha value is -2.87. The van der Waals surface area contributed by atoms with Gasteiger partial charge in [-0.2, -0.15) is 0 Å². The largest absolute Gasteiger partial charge is 0.491 e. The van der Waals surface area contributed by atoms with E-state index in [9.17, 15) is 4.79 Å². The molecular formula is C24H20IN3O2. The standard InChI is InChI=1S/C24H20IN3O2/c1-15-26-21-8-4-18(13-22(21)27-15)17-5-9-23-19(12-17)14-28(10-11-30-23)24(29)16-2-6-20(25)7-3-16/h2-9,12-13H,10-11,14H2,1H3,(H,26,27). The molecule has 0 fully saturated rings. The predicted molar refractivity (Wildman–Crippen MR) is 126 cm³/mol. The molecule has 1 aromatic heterocycles. The molecule has 6 heteroatoms. The van der Waals surface area contributed by atoms with Gasteiger partial charge < -0.3 is 14.6 Å². The molecule has 0 radical (unpaired) electrons. The summed E-state index contributed by atoms with van der Waals surface area (Å²) in [4.78, 5) is 22.7. The molecule has 0 unspecified atom stereocenters. The second kappa shape index (κ2) is 7.75. The maximum atomic E-state index is 13.0. The fourth-order valence-electron chi connectivity index (χ4n) is 3.84. The zero-order chi connectivity index (χ0) is 20.7. The molecule has 1 aliphatic rings. The molecular weight excluding hydrogens is 489 g/mol. The number of aromatic amines is 1. The van der Waals surface area contributed by atoms with Crippen LogP contribution in [0, 0.1) is 10.5 Å². The fourth-order valence-corrected chi connectivity index (χ4v) is 4.20. The number of benzene rings is 3. The van der Waals surface area contributed by atoms with Crippen LogP contribution in [0.15, 0.2) is 60.7 Å². The molecule has 1 amide bonds. The molecule has 0 saturated carbocycles. The van der Waals surface area contributed by atoms with Crippen LogP contribution in [-0.4, -0.2) is 33.9 Å². The van der Waals surface area contributed by atoms with Crippen LogP contribution >= 0.6 is 22.6 Å². The number of aryl methyl sites for hydroxylation is 1. The highest BCUT2D eigenvalue weighted by molar-refractivity contribution is 14.1. The zero-order valence-electron chi connectivity index (χ0n) is 16.5. The van der Waals surface area contributed by atoms with Gasteiger partial charge in [0.1, 0.15) is 18.2 Å². The molecule has 3 aromatic carbocycles. The highest BCUT2D eigenvalue weighted by Crippen LogP contribution is 2.31. The summed E-state index contributed by atoms with van der Waals surface area (Å²) in [6.45, 7) is 3.54. The van der Waals surface area contributed by atoms with Crippen LogP contribution in [0.25, 0.3) is 22.2 Å². The Labute approximate surface area is 188 Å². The van der Waals surface area contributed by atoms with E-state index in [-0.39, 0.29) is 5.91 Å². The van der Waals surface area contributed by atoms with E-state index in [1.807, 2.05) is 48.2 Å². The summed E-state index contributed by atoms with van der Waals surface area (Å²) >= 11 is 2.25. The first kappa shape index (κ1) is 19.1. The predicted octanol–water partition coefficient (Wildman–Crippen LogP) is 5.18. The van der Waals surface area contributed by atoms with Crippen molar-refractivity contribution in [3.8, 4) is 16.9 Å². The van der Waals surface area contributed by atoms with Gasteiger partial charge in [-0.05, 0) is 89.2 Å². The number of fused-ring (bicyclic) bond motifs is 2. The summed E-state index contributed by atoms with van der Waals surface area (Å²) < 4.78 is 7.05. The SMILES string of the molecule is Cc1nc2ccc(-c3ccc4c(c3)CN(C(=O)c3ccc(I)cc3)CCO4)cc2[nH]1. The Bertz CT molecular complexity index is 1250. The van der Waals surface area contributed by atoms with E-state index in [0.29, 0.717) is 25.3 Å². The molecule has 1 aliphatic heterocycles. The van der Waals surface area contributed by atoms with E-state index >= 15 is 0 Å². The van der Waals surface area contributed by atoms with Gasteiger partial charge in [-0.1, -0.05) is 12.1 Å². The number of hydrogen-bond acceptors (Lipinski definition) is 3. The molecule has 0 bridgehead atoms. The molecule has 150 valence electrons. The number of aromatic nitrogens is 2. The van der Waals surface area contributed by atoms with Gasteiger partial charge in [0.2, 0.25) is 0 Å². The lowest BCUT2D eigenvalue weighted by molar-refractivity contribution is 0.0733. The number of nitrogens with one attached hydrogen (secondary N) is 1. The smallest absolute Gasteiger partial charge is 0.254 e. The first-order chi connectivity index (χ1) is 14.6. The van der Waals surface area contributed by atoms with Crippen molar-refractivity contribution in [3.05, 3.63) is 81.2 Å². The van der Waals surface area contributed by atoms with Crippen LogP contribution in [0.3, 0.4) is 0 Å². The van der Waals surface area contributed by atoms with Gasteiger partial charge in [0.05, 0.1) is 17.6 Å². The average Bonchev–Trinajstić information content (AvgIpc) is 2.99. The number of ether oxygens (including phenoxy) is 1. The minimum absolute atomic E-state index is 0.0302. The molecule has 1 N–H and O–H groups in total. The van der Waals surface area contributed by atoms with Crippen molar-refractivity contribution < 1.29 is 9.53 Å². The van der Waals surface area contributed by atoms with Crippen molar-refractivity contribution in [3.63, 3.8) is 0 Å². The van der Waals surface area contributed by atoms with Crippen LogP contribution in [0.4, 0.5) is 0 Å². The summed E-state index contributed by atoms with van der Waals surface area (Å²) in [5.74, 6) is 1.78. The van der Waals surface area contributed by atoms with Crippen LogP contribution in [0.1, 0.15) is 21.7 Å². The van der Waals surface area contributed by atoms with Gasteiger partial charge in [0, 0.05) is 21.2 Å². The highest BCUT2D eigenvalue weighted by Gasteiger charge is 2.21. The van der Waals surface area contributed by atoms with Crippen LogP contribution < -0.4 is 4.74 Å². The molecule has 0 atom stereocenters. The lowest BCUT2D eigenvalue weighted by Gasteiger charge is -2.20. The van der Waals surface area contributed by atoms with Gasteiger partial charge in [-0.15, -0.1) is 0 Å². The Balaban J connectivity index is 1.46. The van der Waals surface area contributed by atoms with Crippen molar-refractivity contribution in [2.45, 2.75) is 13.5 Å². The second-order valence-electron chi connectivity index (χ2n) is 7.46. The number of halogens is 1. The molecule has 2 heterocycles. The quantitative estimate of drug-likeness (QED) is 0.379. The molecule has 0 saturated heterocycles. The first-order valence-corrected chi connectivity index (χ1v) is 10.9. The molecule has 4 aromatic rings. The summed E-state index contributed by atoms with van der Waals surface area (Å²) in [7, 11) is 0. The number of carbonyl (C=O) groups excluding carboxylic acids is 1. The third kappa shape index (κ3) is 3.67. The number of rotatable bonds is 2. The number of nitrogens with zero attached hydrogens (tertiary/aromatic N) is 2. The van der Waals surface area contributed by atoms with Gasteiger partial charge in [0.25, 0.3) is 5.91 Å². The fraction of sp³-hybridized carbons (Fsp3) is 0.167. The molecule has 30 heavy (non-hydrogen) atoms. The minimum atomic E-state index is 0.0302. The Morgan fingerprint density at radius 1 is 1.07 bits per heavy atom. The molecule has 5 rings (SSSR count). The summed E-state index contributed by atoms with van der Waals surface area (Å²) in [6, 6.07) is 20.1. The Kier molecular flexibility index (Phi) is 4.94. The van der Waals surface area contributed by atoms with E-state index in [4.69, 9.17) is 4.74 Å². The maximum Gasteiger partial charge on any atom is 0.254 e. The van der Waals surface area contributed by atoms with Crippen LogP contribution in [-0.2, 0) is 6.54 Å². The summed E-state index contributed by atoms with van der Waals surface area (Å²) in [6.07, 6.45) is 0. The Morgan fingerprint density at radius 3 is 2.67 bits per heavy atom. The number of hydrogen-bond donors (Lipinski definition) is 1. The van der Waals surface area contributed by atoms with Gasteiger partial charge >= 0.3 is 0 Å². The van der Waals surface area contributed by atoms with Crippen molar-refractivity contribution in [2.75, 3.05) is 13.2 Å². The highest BCUT2D eigenvalue weighted by atomic mass is 127. The topological polar surface area (TPSA) is 58.2 Å². The van der Waals surface area contributed by atoms with E-state index in [1.54, 1.807) is 0 Å². The number of carbonyl (C=O) groups is 1. The third-order valence-electron chi connectivity index (χ3n) is 5.35. The third-order valence-corrected chi connectivity index (χ3v) is 6.07. The second-order valence-corrected chi connectivity index (χ2v) is 8.70. The normalized spacial score (nSPS) is 13.6. The molecule has 0 spiro atoms.